The molecular formula is C13H24N2O3S. The van der Waals surface area contributed by atoms with E-state index in [0.29, 0.717) is 25.3 Å². The number of furan rings is 1. The fourth-order valence-electron chi connectivity index (χ4n) is 1.82. The molecular weight excluding hydrogens is 264 g/mol. The van der Waals surface area contributed by atoms with Crippen molar-refractivity contribution in [3.8, 4) is 0 Å². The van der Waals surface area contributed by atoms with E-state index in [1.54, 1.807) is 18.4 Å². The van der Waals surface area contributed by atoms with E-state index < -0.39 is 10.0 Å². The standard InChI is InChI=1S/C13H24N2O3S/c1-3-14-9-5-6-11-19(16,17)15(4-2)12-13-8-7-10-18-13/h7-8,10,14H,3-6,9,11-12H2,1-2H3. The maximum Gasteiger partial charge on any atom is 0.214 e. The Bertz CT molecular complexity index is 429. The van der Waals surface area contributed by atoms with Crippen molar-refractivity contribution in [3.63, 3.8) is 0 Å². The number of hydrogen-bond donors (Lipinski definition) is 1. The van der Waals surface area contributed by atoms with Crippen molar-refractivity contribution in [2.75, 3.05) is 25.4 Å². The van der Waals surface area contributed by atoms with Crippen LogP contribution in [0.3, 0.4) is 0 Å². The van der Waals surface area contributed by atoms with E-state index in [1.165, 1.54) is 4.31 Å². The van der Waals surface area contributed by atoms with Gasteiger partial charge in [0.25, 0.3) is 0 Å². The van der Waals surface area contributed by atoms with E-state index >= 15 is 0 Å². The first-order valence-corrected chi connectivity index (χ1v) is 8.42. The second-order valence-corrected chi connectivity index (χ2v) is 6.47. The molecule has 0 bridgehead atoms. The molecule has 0 fully saturated rings. The molecule has 0 aromatic carbocycles. The molecule has 0 amide bonds. The number of rotatable bonds is 10. The van der Waals surface area contributed by atoms with Crippen LogP contribution in [0.5, 0.6) is 0 Å². The van der Waals surface area contributed by atoms with Gasteiger partial charge in [-0.3, -0.25) is 0 Å². The summed E-state index contributed by atoms with van der Waals surface area (Å²) in [4.78, 5) is 0. The smallest absolute Gasteiger partial charge is 0.214 e. The predicted octanol–water partition coefficient (Wildman–Crippen LogP) is 1.82. The van der Waals surface area contributed by atoms with Crippen molar-refractivity contribution >= 4 is 10.0 Å². The third-order valence-corrected chi connectivity index (χ3v) is 4.89. The van der Waals surface area contributed by atoms with Crippen molar-refractivity contribution in [1.82, 2.24) is 9.62 Å². The number of unbranched alkanes of at least 4 members (excludes halogenated alkanes) is 1. The molecule has 0 spiro atoms. The predicted molar refractivity (Wildman–Crippen MR) is 76.4 cm³/mol. The molecule has 0 aliphatic heterocycles. The van der Waals surface area contributed by atoms with Gasteiger partial charge in [-0.1, -0.05) is 13.8 Å². The van der Waals surface area contributed by atoms with Gasteiger partial charge in [0.05, 0.1) is 18.6 Å². The lowest BCUT2D eigenvalue weighted by Gasteiger charge is -2.19. The van der Waals surface area contributed by atoms with Gasteiger partial charge in [0.1, 0.15) is 5.76 Å². The van der Waals surface area contributed by atoms with Crippen molar-refractivity contribution in [3.05, 3.63) is 24.2 Å². The quantitative estimate of drug-likeness (QED) is 0.667. The Morgan fingerprint density at radius 3 is 2.68 bits per heavy atom. The van der Waals surface area contributed by atoms with Crippen LogP contribution in [-0.4, -0.2) is 38.1 Å². The lowest BCUT2D eigenvalue weighted by atomic mass is 10.3. The highest BCUT2D eigenvalue weighted by Crippen LogP contribution is 2.11. The molecule has 0 radical (unpaired) electrons. The molecule has 0 saturated carbocycles. The minimum atomic E-state index is -3.19. The Labute approximate surface area is 116 Å². The highest BCUT2D eigenvalue weighted by molar-refractivity contribution is 7.89. The maximum atomic E-state index is 12.2. The molecule has 1 N–H and O–H groups in total. The van der Waals surface area contributed by atoms with Gasteiger partial charge in [-0.05, 0) is 38.1 Å². The van der Waals surface area contributed by atoms with E-state index in [-0.39, 0.29) is 5.75 Å². The van der Waals surface area contributed by atoms with Gasteiger partial charge in [-0.25, -0.2) is 8.42 Å². The maximum absolute atomic E-state index is 12.2. The molecule has 1 aromatic rings. The summed E-state index contributed by atoms with van der Waals surface area (Å²) in [6, 6.07) is 3.57. The van der Waals surface area contributed by atoms with E-state index in [9.17, 15) is 8.42 Å². The summed E-state index contributed by atoms with van der Waals surface area (Å²) < 4.78 is 31.0. The first kappa shape index (κ1) is 16.2. The zero-order valence-corrected chi connectivity index (χ0v) is 12.6. The summed E-state index contributed by atoms with van der Waals surface area (Å²) in [5.41, 5.74) is 0. The molecule has 6 heteroatoms. The van der Waals surface area contributed by atoms with Crippen LogP contribution < -0.4 is 5.32 Å². The molecule has 0 atom stereocenters. The molecule has 19 heavy (non-hydrogen) atoms. The van der Waals surface area contributed by atoms with Gasteiger partial charge in [-0.15, -0.1) is 0 Å². The average Bonchev–Trinajstić information content (AvgIpc) is 2.88. The van der Waals surface area contributed by atoms with Crippen LogP contribution in [0.2, 0.25) is 0 Å². The van der Waals surface area contributed by atoms with Crippen LogP contribution in [-0.2, 0) is 16.6 Å². The normalized spacial score (nSPS) is 12.2. The molecule has 1 rings (SSSR count). The van der Waals surface area contributed by atoms with Gasteiger partial charge >= 0.3 is 0 Å². The van der Waals surface area contributed by atoms with Crippen LogP contribution in [0.25, 0.3) is 0 Å². The van der Waals surface area contributed by atoms with Gasteiger partial charge in [0.15, 0.2) is 0 Å². The first-order chi connectivity index (χ1) is 9.10. The lowest BCUT2D eigenvalue weighted by molar-refractivity contribution is 0.375. The van der Waals surface area contributed by atoms with Gasteiger partial charge in [0.2, 0.25) is 10.0 Å². The Balaban J connectivity index is 2.44. The summed E-state index contributed by atoms with van der Waals surface area (Å²) in [6.07, 6.45) is 3.13. The second-order valence-electron chi connectivity index (χ2n) is 4.38. The number of nitrogens with one attached hydrogen (secondary N) is 1. The first-order valence-electron chi connectivity index (χ1n) is 6.81. The monoisotopic (exact) mass is 288 g/mol. The molecule has 5 nitrogen and oxygen atoms in total. The Hall–Kier alpha value is -0.850. The van der Waals surface area contributed by atoms with Crippen molar-refractivity contribution in [2.24, 2.45) is 0 Å². The Morgan fingerprint density at radius 1 is 1.32 bits per heavy atom. The van der Waals surface area contributed by atoms with Gasteiger partial charge < -0.3 is 9.73 Å². The third kappa shape index (κ3) is 5.76. The number of nitrogens with zero attached hydrogens (tertiary/aromatic N) is 1. The molecule has 0 aliphatic carbocycles. The van der Waals surface area contributed by atoms with Crippen LogP contribution in [0.1, 0.15) is 32.4 Å². The minimum Gasteiger partial charge on any atom is -0.468 e. The third-order valence-electron chi connectivity index (χ3n) is 2.91. The van der Waals surface area contributed by atoms with E-state index in [4.69, 9.17) is 4.42 Å². The van der Waals surface area contributed by atoms with E-state index in [2.05, 4.69) is 5.32 Å². The summed E-state index contributed by atoms with van der Waals surface area (Å²) in [5.74, 6) is 0.880. The summed E-state index contributed by atoms with van der Waals surface area (Å²) in [7, 11) is -3.19. The van der Waals surface area contributed by atoms with E-state index in [0.717, 1.165) is 19.5 Å². The van der Waals surface area contributed by atoms with Crippen molar-refractivity contribution in [1.29, 1.82) is 0 Å². The largest absolute Gasteiger partial charge is 0.468 e. The van der Waals surface area contributed by atoms with Gasteiger partial charge in [-0.2, -0.15) is 4.31 Å². The number of sulfonamides is 1. The Morgan fingerprint density at radius 2 is 2.11 bits per heavy atom. The van der Waals surface area contributed by atoms with Crippen molar-refractivity contribution in [2.45, 2.75) is 33.2 Å². The summed E-state index contributed by atoms with van der Waals surface area (Å²) in [6.45, 7) is 6.47. The summed E-state index contributed by atoms with van der Waals surface area (Å²) >= 11 is 0. The zero-order valence-electron chi connectivity index (χ0n) is 11.8. The van der Waals surface area contributed by atoms with Crippen LogP contribution in [0, 0.1) is 0 Å². The topological polar surface area (TPSA) is 62.6 Å². The molecule has 110 valence electrons. The van der Waals surface area contributed by atoms with Gasteiger partial charge in [0, 0.05) is 6.54 Å². The average molecular weight is 288 g/mol. The zero-order chi connectivity index (χ0) is 14.1. The molecule has 1 heterocycles. The SMILES string of the molecule is CCNCCCCS(=O)(=O)N(CC)Cc1ccco1. The van der Waals surface area contributed by atoms with E-state index in [1.807, 2.05) is 13.8 Å². The molecule has 1 aromatic heterocycles. The van der Waals surface area contributed by atoms with Crippen LogP contribution in [0.4, 0.5) is 0 Å². The fraction of sp³-hybridized carbons (Fsp3) is 0.692. The van der Waals surface area contributed by atoms with Crippen LogP contribution >= 0.6 is 0 Å². The lowest BCUT2D eigenvalue weighted by Crippen LogP contribution is -2.32. The highest BCUT2D eigenvalue weighted by Gasteiger charge is 2.20. The fourth-order valence-corrected chi connectivity index (χ4v) is 3.37. The molecule has 0 aliphatic rings. The number of hydrogen-bond acceptors (Lipinski definition) is 4. The Kier molecular flexibility index (Phi) is 7.12. The molecule has 0 saturated heterocycles. The summed E-state index contributed by atoms with van der Waals surface area (Å²) in [5, 5.41) is 3.19. The molecule has 0 unspecified atom stereocenters. The second kappa shape index (κ2) is 8.35. The minimum absolute atomic E-state index is 0.201. The van der Waals surface area contributed by atoms with Crippen LogP contribution in [0.15, 0.2) is 22.8 Å². The van der Waals surface area contributed by atoms with Crippen molar-refractivity contribution < 1.29 is 12.8 Å². The highest BCUT2D eigenvalue weighted by atomic mass is 32.2.